The number of amides is 1. The van der Waals surface area contributed by atoms with Gasteiger partial charge in [0.25, 0.3) is 5.56 Å². The number of pyridine rings is 1. The normalized spacial score (nSPS) is 18.8. The molecule has 2 aliphatic rings. The molecule has 2 atom stereocenters. The number of nitrogens with zero attached hydrogens (tertiary/aromatic N) is 3. The van der Waals surface area contributed by atoms with Gasteiger partial charge in [0.1, 0.15) is 10.6 Å². The molecule has 0 saturated carbocycles. The van der Waals surface area contributed by atoms with Crippen LogP contribution in [0.5, 0.6) is 0 Å². The summed E-state index contributed by atoms with van der Waals surface area (Å²) in [6.45, 7) is 2.98. The van der Waals surface area contributed by atoms with E-state index in [1.165, 1.54) is 28.4 Å². The summed E-state index contributed by atoms with van der Waals surface area (Å²) in [6, 6.07) is 3.33. The second-order valence-corrected chi connectivity index (χ2v) is 10.9. The maximum atomic E-state index is 13.6. The molecule has 0 unspecified atom stereocenters. The number of aryl methyl sites for hydroxylation is 2. The Morgan fingerprint density at radius 1 is 1.41 bits per heavy atom. The summed E-state index contributed by atoms with van der Waals surface area (Å²) in [6.07, 6.45) is 6.45. The Hall–Kier alpha value is -1.94. The molecule has 0 bridgehead atoms. The van der Waals surface area contributed by atoms with E-state index in [1.807, 2.05) is 0 Å². The number of hydrogen-bond donors (Lipinski definition) is 1. The van der Waals surface area contributed by atoms with Crippen LogP contribution in [0, 0.1) is 0 Å². The number of nitrogens with one attached hydrogen (secondary N) is 1. The van der Waals surface area contributed by atoms with Crippen LogP contribution in [0.4, 0.5) is 5.82 Å². The first-order valence-corrected chi connectivity index (χ1v) is 12.8. The fraction of sp³-hybridized carbons (Fsp3) is 0.455. The molecule has 10 heteroatoms. The molecule has 5 rings (SSSR count). The number of thioether (sulfide) groups is 1. The number of carbonyl (C=O) groups is 1. The van der Waals surface area contributed by atoms with Gasteiger partial charge < -0.3 is 10.1 Å². The van der Waals surface area contributed by atoms with Crippen molar-refractivity contribution in [2.24, 2.45) is 0 Å². The van der Waals surface area contributed by atoms with Crippen molar-refractivity contribution in [3.05, 3.63) is 44.1 Å². The second-order valence-electron chi connectivity index (χ2n) is 8.09. The number of thiophene rings is 1. The lowest BCUT2D eigenvalue weighted by Crippen LogP contribution is -2.30. The number of carbonyl (C=O) groups excluding carboxylic acids is 1. The summed E-state index contributed by atoms with van der Waals surface area (Å²) in [5.74, 6) is 0.221. The van der Waals surface area contributed by atoms with E-state index in [-0.39, 0.29) is 17.6 Å². The molecule has 0 aromatic carbocycles. The number of aromatic nitrogens is 3. The van der Waals surface area contributed by atoms with Crippen LogP contribution in [0.15, 0.2) is 28.3 Å². The molecule has 1 saturated heterocycles. The van der Waals surface area contributed by atoms with E-state index in [1.54, 1.807) is 35.0 Å². The Labute approximate surface area is 198 Å². The van der Waals surface area contributed by atoms with Crippen LogP contribution >= 0.6 is 34.7 Å². The van der Waals surface area contributed by atoms with Gasteiger partial charge in [0.15, 0.2) is 5.16 Å². The number of hydrogen-bond acceptors (Lipinski definition) is 7. The van der Waals surface area contributed by atoms with Gasteiger partial charge in [-0.2, -0.15) is 0 Å². The molecule has 1 N–H and O–H groups in total. The summed E-state index contributed by atoms with van der Waals surface area (Å²) >= 11 is 8.77. The van der Waals surface area contributed by atoms with Crippen molar-refractivity contribution in [2.75, 3.05) is 11.9 Å². The SMILES string of the molecule is C[C@@H](Sc1nc2sc3c(c2c(=O)n1C[C@@H]1CCCO1)CCC3)C(=O)Nc1ccc(Cl)cn1. The zero-order valence-electron chi connectivity index (χ0n) is 17.6. The highest BCUT2D eigenvalue weighted by molar-refractivity contribution is 8.00. The van der Waals surface area contributed by atoms with Crippen LogP contribution in [-0.2, 0) is 28.9 Å². The van der Waals surface area contributed by atoms with Gasteiger partial charge in [0.05, 0.1) is 28.3 Å². The van der Waals surface area contributed by atoms with E-state index in [0.29, 0.717) is 22.5 Å². The third-order valence-corrected chi connectivity index (χ3v) is 8.33. The Morgan fingerprint density at radius 2 is 2.28 bits per heavy atom. The first-order valence-electron chi connectivity index (χ1n) is 10.8. The van der Waals surface area contributed by atoms with Gasteiger partial charge in [0, 0.05) is 17.7 Å². The summed E-state index contributed by atoms with van der Waals surface area (Å²) in [4.78, 5) is 37.4. The Kier molecular flexibility index (Phi) is 6.24. The van der Waals surface area contributed by atoms with Crippen LogP contribution in [0.2, 0.25) is 5.02 Å². The first-order chi connectivity index (χ1) is 15.5. The lowest BCUT2D eigenvalue weighted by molar-refractivity contribution is -0.115. The van der Waals surface area contributed by atoms with Gasteiger partial charge in [-0.3, -0.25) is 14.2 Å². The predicted octanol–water partition coefficient (Wildman–Crippen LogP) is 4.29. The monoisotopic (exact) mass is 490 g/mol. The number of halogens is 1. The van der Waals surface area contributed by atoms with Crippen LogP contribution in [0.25, 0.3) is 10.2 Å². The smallest absolute Gasteiger partial charge is 0.263 e. The lowest BCUT2D eigenvalue weighted by atomic mass is 10.2. The van der Waals surface area contributed by atoms with Gasteiger partial charge in [0.2, 0.25) is 5.91 Å². The molecular weight excluding hydrogens is 468 g/mol. The van der Waals surface area contributed by atoms with Crippen molar-refractivity contribution in [3.8, 4) is 0 Å². The van der Waals surface area contributed by atoms with Crippen molar-refractivity contribution in [1.82, 2.24) is 14.5 Å². The molecule has 32 heavy (non-hydrogen) atoms. The fourth-order valence-electron chi connectivity index (χ4n) is 4.19. The predicted molar refractivity (Wildman–Crippen MR) is 128 cm³/mol. The summed E-state index contributed by atoms with van der Waals surface area (Å²) in [5, 5.41) is 4.15. The molecular formula is C22H23ClN4O3S2. The van der Waals surface area contributed by atoms with E-state index in [2.05, 4.69) is 10.3 Å². The van der Waals surface area contributed by atoms with Crippen LogP contribution in [-0.4, -0.2) is 38.4 Å². The maximum Gasteiger partial charge on any atom is 0.263 e. The molecule has 0 radical (unpaired) electrons. The topological polar surface area (TPSA) is 86.1 Å². The van der Waals surface area contributed by atoms with Gasteiger partial charge >= 0.3 is 0 Å². The highest BCUT2D eigenvalue weighted by Gasteiger charge is 2.27. The number of ether oxygens (including phenoxy) is 1. The second kappa shape index (κ2) is 9.13. The molecule has 3 aromatic heterocycles. The number of anilines is 1. The third-order valence-electron chi connectivity index (χ3n) is 5.83. The van der Waals surface area contributed by atoms with E-state index >= 15 is 0 Å². The lowest BCUT2D eigenvalue weighted by Gasteiger charge is -2.18. The van der Waals surface area contributed by atoms with Gasteiger partial charge in [-0.15, -0.1) is 11.3 Å². The largest absolute Gasteiger partial charge is 0.376 e. The van der Waals surface area contributed by atoms with Crippen molar-refractivity contribution in [2.45, 2.75) is 62.1 Å². The van der Waals surface area contributed by atoms with Crippen molar-refractivity contribution in [3.63, 3.8) is 0 Å². The van der Waals surface area contributed by atoms with Gasteiger partial charge in [-0.05, 0) is 56.7 Å². The summed E-state index contributed by atoms with van der Waals surface area (Å²) in [7, 11) is 0. The molecule has 1 amide bonds. The highest BCUT2D eigenvalue weighted by atomic mass is 35.5. The minimum absolute atomic E-state index is 0.000356. The van der Waals surface area contributed by atoms with E-state index in [9.17, 15) is 9.59 Å². The van der Waals surface area contributed by atoms with Crippen LogP contribution < -0.4 is 10.9 Å². The van der Waals surface area contributed by atoms with E-state index < -0.39 is 5.25 Å². The summed E-state index contributed by atoms with van der Waals surface area (Å²) < 4.78 is 7.52. The molecule has 0 spiro atoms. The minimum atomic E-state index is -0.473. The number of fused-ring (bicyclic) bond motifs is 3. The minimum Gasteiger partial charge on any atom is -0.376 e. The standard InChI is InChI=1S/C22H23ClN4O3S2/c1-12(19(28)25-17-8-7-13(23)10-24-17)31-22-26-20-18(15-5-2-6-16(15)32-20)21(29)27(22)11-14-4-3-9-30-14/h7-8,10,12,14H,2-6,9,11H2,1H3,(H,24,25,28)/t12-,14+/m1/s1. The third kappa shape index (κ3) is 4.31. The molecule has 1 aliphatic carbocycles. The average Bonchev–Trinajstić information content (AvgIpc) is 3.50. The fourth-order valence-corrected chi connectivity index (χ4v) is 6.52. The van der Waals surface area contributed by atoms with E-state index in [0.717, 1.165) is 48.9 Å². The molecule has 1 fully saturated rings. The van der Waals surface area contributed by atoms with Gasteiger partial charge in [-0.1, -0.05) is 23.4 Å². The van der Waals surface area contributed by atoms with Crippen molar-refractivity contribution < 1.29 is 9.53 Å². The Morgan fingerprint density at radius 3 is 3.03 bits per heavy atom. The molecule has 4 heterocycles. The maximum absolute atomic E-state index is 13.6. The van der Waals surface area contributed by atoms with Crippen molar-refractivity contribution >= 4 is 56.6 Å². The van der Waals surface area contributed by atoms with Crippen LogP contribution in [0.3, 0.4) is 0 Å². The quantitative estimate of drug-likeness (QED) is 0.409. The zero-order chi connectivity index (χ0) is 22.2. The van der Waals surface area contributed by atoms with Gasteiger partial charge in [-0.25, -0.2) is 9.97 Å². The zero-order valence-corrected chi connectivity index (χ0v) is 20.0. The van der Waals surface area contributed by atoms with E-state index in [4.69, 9.17) is 21.3 Å². The Bertz CT molecular complexity index is 1220. The molecule has 3 aromatic rings. The average molecular weight is 491 g/mol. The molecule has 1 aliphatic heterocycles. The highest BCUT2D eigenvalue weighted by Crippen LogP contribution is 2.36. The molecule has 168 valence electrons. The number of rotatable bonds is 6. The van der Waals surface area contributed by atoms with Crippen LogP contribution in [0.1, 0.15) is 36.6 Å². The van der Waals surface area contributed by atoms with Crippen molar-refractivity contribution in [1.29, 1.82) is 0 Å². The molecule has 7 nitrogen and oxygen atoms in total. The Balaban J connectivity index is 1.45. The first kappa shape index (κ1) is 21.9. The summed E-state index contributed by atoms with van der Waals surface area (Å²) in [5.41, 5.74) is 1.15.